The molecular weight excluding hydrogens is 336 g/mol. The summed E-state index contributed by atoms with van der Waals surface area (Å²) in [4.78, 5) is 17.7. The summed E-state index contributed by atoms with van der Waals surface area (Å²) in [5.74, 6) is -1.30. The van der Waals surface area contributed by atoms with Crippen LogP contribution < -0.4 is 15.4 Å². The van der Waals surface area contributed by atoms with Crippen LogP contribution in [0.25, 0.3) is 0 Å². The minimum Gasteiger partial charge on any atom is -0.495 e. The Morgan fingerprint density at radius 1 is 1.25 bits per heavy atom. The van der Waals surface area contributed by atoms with E-state index in [1.54, 1.807) is 13.1 Å². The fourth-order valence-corrected chi connectivity index (χ4v) is 2.15. The zero-order valence-corrected chi connectivity index (χ0v) is 14.3. The maximum absolute atomic E-state index is 13.2. The highest BCUT2D eigenvalue weighted by Gasteiger charge is 2.20. The molecule has 0 fully saturated rings. The number of hydrogen-bond donors (Lipinski definition) is 1. The van der Waals surface area contributed by atoms with Crippen molar-refractivity contribution in [1.29, 1.82) is 0 Å². The molecule has 1 amide bonds. The Bertz CT molecular complexity index is 695. The number of carbonyl (C=O) groups is 1. The van der Waals surface area contributed by atoms with Crippen LogP contribution in [-0.4, -0.2) is 31.1 Å². The summed E-state index contributed by atoms with van der Waals surface area (Å²) in [6.07, 6.45) is 3.03. The molecule has 24 heavy (non-hydrogen) atoms. The number of carbonyl (C=O) groups excluding carboxylic acids is 1. The number of hydrogen-bond acceptors (Lipinski definition) is 4. The van der Waals surface area contributed by atoms with Gasteiger partial charge in [0.05, 0.1) is 31.2 Å². The van der Waals surface area contributed by atoms with Crippen molar-refractivity contribution in [3.8, 4) is 5.75 Å². The Balaban J connectivity index is 0.00000288. The fraction of sp³-hybridized carbons (Fsp3) is 0.250. The van der Waals surface area contributed by atoms with Crippen molar-refractivity contribution in [3.05, 3.63) is 53.9 Å². The van der Waals surface area contributed by atoms with E-state index in [-0.39, 0.29) is 19.9 Å². The molecule has 1 aromatic heterocycles. The summed E-state index contributed by atoms with van der Waals surface area (Å²) in [6.45, 7) is 0. The summed E-state index contributed by atoms with van der Waals surface area (Å²) in [5.41, 5.74) is 6.70. The molecule has 2 rings (SSSR count). The van der Waals surface area contributed by atoms with Crippen molar-refractivity contribution in [2.45, 2.75) is 12.5 Å². The van der Waals surface area contributed by atoms with Gasteiger partial charge < -0.3 is 15.4 Å². The number of aromatic nitrogens is 1. The van der Waals surface area contributed by atoms with Crippen LogP contribution in [0, 0.1) is 11.6 Å². The number of amides is 1. The first kappa shape index (κ1) is 19.9. The smallest absolute Gasteiger partial charge is 0.244 e. The molecule has 0 aliphatic rings. The van der Waals surface area contributed by atoms with Gasteiger partial charge >= 0.3 is 0 Å². The lowest BCUT2D eigenvalue weighted by Gasteiger charge is -2.21. The Kier molecular flexibility index (Phi) is 7.12. The van der Waals surface area contributed by atoms with Crippen molar-refractivity contribution in [2.75, 3.05) is 19.1 Å². The summed E-state index contributed by atoms with van der Waals surface area (Å²) < 4.78 is 31.4. The average molecular weight is 355 g/mol. The molecule has 5 nitrogen and oxygen atoms in total. The lowest BCUT2D eigenvalue weighted by molar-refractivity contribution is -0.119. The maximum Gasteiger partial charge on any atom is 0.244 e. The Hall–Kier alpha value is -2.19. The molecule has 0 aliphatic heterocycles. The van der Waals surface area contributed by atoms with Crippen molar-refractivity contribution in [1.82, 2.24) is 4.98 Å². The van der Waals surface area contributed by atoms with E-state index in [4.69, 9.17) is 10.5 Å². The highest BCUT2D eigenvalue weighted by atomic mass is 32.1. The normalized spacial score (nSPS) is 11.4. The number of nitrogens with zero attached hydrogens (tertiary/aromatic N) is 2. The maximum atomic E-state index is 13.2. The topological polar surface area (TPSA) is 68.5 Å². The Labute approximate surface area is 145 Å². The molecule has 1 heterocycles. The molecule has 1 aromatic carbocycles. The SMILES string of the molecule is COc1cncc(N(C)C(=O)[C@@H](N)Cc2cc(F)cc(F)c2)c1.S. The second-order valence-corrected chi connectivity index (χ2v) is 5.07. The number of rotatable bonds is 5. The zero-order chi connectivity index (χ0) is 17.0. The predicted octanol–water partition coefficient (Wildman–Crippen LogP) is 2.01. The van der Waals surface area contributed by atoms with E-state index < -0.39 is 23.6 Å². The van der Waals surface area contributed by atoms with Crippen LogP contribution in [0.3, 0.4) is 0 Å². The lowest BCUT2D eigenvalue weighted by atomic mass is 10.1. The van der Waals surface area contributed by atoms with E-state index in [0.717, 1.165) is 18.2 Å². The van der Waals surface area contributed by atoms with Gasteiger partial charge in [-0.15, -0.1) is 0 Å². The third-order valence-electron chi connectivity index (χ3n) is 3.35. The molecule has 0 radical (unpaired) electrons. The molecule has 2 N–H and O–H groups in total. The molecule has 0 unspecified atom stereocenters. The van der Waals surface area contributed by atoms with Crippen molar-refractivity contribution in [3.63, 3.8) is 0 Å². The van der Waals surface area contributed by atoms with Crippen LogP contribution in [-0.2, 0) is 11.2 Å². The number of likely N-dealkylation sites (N-methyl/N-ethyl adjacent to an activating group) is 1. The monoisotopic (exact) mass is 355 g/mol. The second-order valence-electron chi connectivity index (χ2n) is 5.07. The van der Waals surface area contributed by atoms with Gasteiger partial charge in [0.2, 0.25) is 5.91 Å². The molecule has 0 aliphatic carbocycles. The van der Waals surface area contributed by atoms with Gasteiger partial charge in [-0.05, 0) is 24.1 Å². The largest absolute Gasteiger partial charge is 0.495 e. The van der Waals surface area contributed by atoms with Crippen molar-refractivity contribution in [2.24, 2.45) is 5.73 Å². The molecule has 0 saturated heterocycles. The first-order valence-electron chi connectivity index (χ1n) is 6.88. The van der Waals surface area contributed by atoms with Gasteiger partial charge in [-0.1, -0.05) is 0 Å². The summed E-state index contributed by atoms with van der Waals surface area (Å²) in [5, 5.41) is 0. The predicted molar refractivity (Wildman–Crippen MR) is 92.6 cm³/mol. The standard InChI is InChI=1S/C16H17F2N3O2.H2S/c1-21(13-7-14(23-2)9-20-8-13)16(22)15(19)5-10-3-11(17)6-12(18)4-10;/h3-4,6-9,15H,5,19H2,1-2H3;1H2/t15-;/m0./s1. The highest BCUT2D eigenvalue weighted by Crippen LogP contribution is 2.19. The van der Waals surface area contributed by atoms with Crippen molar-refractivity contribution >= 4 is 25.1 Å². The van der Waals surface area contributed by atoms with Gasteiger partial charge in [-0.3, -0.25) is 9.78 Å². The van der Waals surface area contributed by atoms with Gasteiger partial charge in [0.1, 0.15) is 17.4 Å². The van der Waals surface area contributed by atoms with E-state index >= 15 is 0 Å². The Morgan fingerprint density at radius 2 is 1.88 bits per heavy atom. The highest BCUT2D eigenvalue weighted by molar-refractivity contribution is 7.59. The molecule has 0 bridgehead atoms. The Morgan fingerprint density at radius 3 is 2.46 bits per heavy atom. The van der Waals surface area contributed by atoms with Crippen LogP contribution in [0.2, 0.25) is 0 Å². The van der Waals surface area contributed by atoms with E-state index in [0.29, 0.717) is 17.0 Å². The van der Waals surface area contributed by atoms with Crippen molar-refractivity contribution < 1.29 is 18.3 Å². The summed E-state index contributed by atoms with van der Waals surface area (Å²) in [7, 11) is 3.04. The van der Waals surface area contributed by atoms with E-state index in [9.17, 15) is 13.6 Å². The summed E-state index contributed by atoms with van der Waals surface area (Å²) in [6, 6.07) is 3.78. The molecule has 0 spiro atoms. The summed E-state index contributed by atoms with van der Waals surface area (Å²) >= 11 is 0. The van der Waals surface area contributed by atoms with Crippen LogP contribution in [0.4, 0.5) is 14.5 Å². The van der Waals surface area contributed by atoms with Gasteiger partial charge in [-0.25, -0.2) is 8.78 Å². The molecule has 1 atom stereocenters. The molecule has 130 valence electrons. The zero-order valence-electron chi connectivity index (χ0n) is 13.3. The minimum absolute atomic E-state index is 0. The van der Waals surface area contributed by atoms with Crippen LogP contribution in [0.5, 0.6) is 5.75 Å². The average Bonchev–Trinajstić information content (AvgIpc) is 2.52. The van der Waals surface area contributed by atoms with Crippen LogP contribution in [0.1, 0.15) is 5.56 Å². The lowest BCUT2D eigenvalue weighted by Crippen LogP contribution is -2.43. The molecule has 8 heteroatoms. The van der Waals surface area contributed by atoms with Crippen LogP contribution >= 0.6 is 13.5 Å². The van der Waals surface area contributed by atoms with Crippen LogP contribution in [0.15, 0.2) is 36.7 Å². The number of halogens is 2. The molecule has 0 saturated carbocycles. The van der Waals surface area contributed by atoms with Gasteiger partial charge in [0.25, 0.3) is 0 Å². The number of methoxy groups -OCH3 is 1. The van der Waals surface area contributed by atoms with Gasteiger partial charge in [0, 0.05) is 19.2 Å². The quantitative estimate of drug-likeness (QED) is 0.891. The number of nitrogens with two attached hydrogens (primary N) is 1. The first-order chi connectivity index (χ1) is 10.9. The van der Waals surface area contributed by atoms with E-state index in [2.05, 4.69) is 4.98 Å². The third-order valence-corrected chi connectivity index (χ3v) is 3.35. The first-order valence-corrected chi connectivity index (χ1v) is 6.88. The number of benzene rings is 1. The fourth-order valence-electron chi connectivity index (χ4n) is 2.15. The third kappa shape index (κ3) is 4.90. The molecule has 2 aromatic rings. The van der Waals surface area contributed by atoms with E-state index in [1.807, 2.05) is 0 Å². The second kappa shape index (κ2) is 8.60. The van der Waals surface area contributed by atoms with Gasteiger partial charge in [-0.2, -0.15) is 13.5 Å². The van der Waals surface area contributed by atoms with E-state index in [1.165, 1.54) is 24.4 Å². The minimum atomic E-state index is -0.938. The number of pyridine rings is 1. The number of anilines is 1. The number of ether oxygens (including phenoxy) is 1. The molecular formula is C16H19F2N3O2S. The van der Waals surface area contributed by atoms with Gasteiger partial charge in [0.15, 0.2) is 0 Å².